The Morgan fingerprint density at radius 1 is 1.00 bits per heavy atom. The van der Waals surface area contributed by atoms with Gasteiger partial charge < -0.3 is 14.8 Å². The number of nitrogens with zero attached hydrogens (tertiary/aromatic N) is 2. The fourth-order valence-electron chi connectivity index (χ4n) is 4.40. The van der Waals surface area contributed by atoms with Crippen LogP contribution in [0.1, 0.15) is 29.6 Å². The number of fused-ring (bicyclic) bond motifs is 4. The number of carbonyl (C=O) groups is 1. The molecule has 27 heavy (non-hydrogen) atoms. The SMILES string of the molecule is O=C(c1cc2ccccc2[nH]c1=O)N1CC2CCCCN2c2ccccc21. The van der Waals surface area contributed by atoms with Crippen LogP contribution in [0.4, 0.5) is 11.4 Å². The predicted molar refractivity (Wildman–Crippen MR) is 108 cm³/mol. The maximum Gasteiger partial charge on any atom is 0.264 e. The molecule has 1 saturated heterocycles. The number of nitrogens with one attached hydrogen (secondary N) is 1. The number of hydrogen-bond acceptors (Lipinski definition) is 3. The molecular weight excluding hydrogens is 338 g/mol. The van der Waals surface area contributed by atoms with Crippen LogP contribution in [0, 0.1) is 0 Å². The highest BCUT2D eigenvalue weighted by Crippen LogP contribution is 2.39. The van der Waals surface area contributed by atoms with Gasteiger partial charge in [-0.25, -0.2) is 0 Å². The van der Waals surface area contributed by atoms with Gasteiger partial charge in [-0.2, -0.15) is 0 Å². The van der Waals surface area contributed by atoms with Gasteiger partial charge >= 0.3 is 0 Å². The third-order valence-corrected chi connectivity index (χ3v) is 5.73. The molecule has 0 spiro atoms. The molecule has 2 aliphatic heterocycles. The smallest absolute Gasteiger partial charge is 0.264 e. The Balaban J connectivity index is 1.60. The predicted octanol–water partition coefficient (Wildman–Crippen LogP) is 3.55. The standard InChI is InChI=1S/C22H21N3O2/c26-21-17(13-15-7-1-2-9-18(15)23-21)22(27)25-14-16-8-5-6-12-24(16)19-10-3-4-11-20(19)25/h1-4,7,9-11,13,16H,5-6,8,12,14H2,(H,23,26). The first-order valence-corrected chi connectivity index (χ1v) is 9.52. The largest absolute Gasteiger partial charge is 0.365 e. The average molecular weight is 359 g/mol. The van der Waals surface area contributed by atoms with Gasteiger partial charge in [0.2, 0.25) is 0 Å². The Morgan fingerprint density at radius 3 is 2.67 bits per heavy atom. The molecule has 5 heteroatoms. The van der Waals surface area contributed by atoms with E-state index in [0.29, 0.717) is 12.6 Å². The number of anilines is 2. The Hall–Kier alpha value is -3.08. The Kier molecular flexibility index (Phi) is 3.74. The van der Waals surface area contributed by atoms with Gasteiger partial charge in [0, 0.05) is 24.6 Å². The van der Waals surface area contributed by atoms with E-state index in [0.717, 1.165) is 35.2 Å². The molecule has 1 aromatic heterocycles. The van der Waals surface area contributed by atoms with Crippen LogP contribution in [-0.4, -0.2) is 30.0 Å². The zero-order chi connectivity index (χ0) is 18.4. The van der Waals surface area contributed by atoms with E-state index in [4.69, 9.17) is 0 Å². The van der Waals surface area contributed by atoms with Gasteiger partial charge in [0.15, 0.2) is 0 Å². The zero-order valence-corrected chi connectivity index (χ0v) is 15.0. The minimum absolute atomic E-state index is 0.202. The van der Waals surface area contributed by atoms with Crippen molar-refractivity contribution in [3.05, 3.63) is 70.5 Å². The fraction of sp³-hybridized carbons (Fsp3) is 0.273. The van der Waals surface area contributed by atoms with Crippen molar-refractivity contribution in [1.82, 2.24) is 4.98 Å². The summed E-state index contributed by atoms with van der Waals surface area (Å²) in [6.45, 7) is 1.66. The topological polar surface area (TPSA) is 56.4 Å². The van der Waals surface area contributed by atoms with Crippen LogP contribution in [0.5, 0.6) is 0 Å². The van der Waals surface area contributed by atoms with Crippen molar-refractivity contribution >= 4 is 28.2 Å². The maximum absolute atomic E-state index is 13.4. The van der Waals surface area contributed by atoms with Crippen LogP contribution in [-0.2, 0) is 0 Å². The lowest BCUT2D eigenvalue weighted by molar-refractivity contribution is 0.0981. The Labute approximate surface area is 157 Å². The van der Waals surface area contributed by atoms with E-state index < -0.39 is 0 Å². The molecule has 2 aromatic carbocycles. The van der Waals surface area contributed by atoms with E-state index >= 15 is 0 Å². The molecule has 0 radical (unpaired) electrons. The molecule has 1 fully saturated rings. The molecule has 1 amide bonds. The number of hydrogen-bond donors (Lipinski definition) is 1. The highest BCUT2D eigenvalue weighted by atomic mass is 16.2. The third-order valence-electron chi connectivity index (χ3n) is 5.73. The second kappa shape index (κ2) is 6.27. The van der Waals surface area contributed by atoms with Crippen LogP contribution in [0.2, 0.25) is 0 Å². The fourth-order valence-corrected chi connectivity index (χ4v) is 4.40. The van der Waals surface area contributed by atoms with Crippen LogP contribution in [0.3, 0.4) is 0 Å². The number of rotatable bonds is 1. The van der Waals surface area contributed by atoms with Crippen molar-refractivity contribution in [3.63, 3.8) is 0 Å². The van der Waals surface area contributed by atoms with Gasteiger partial charge in [-0.05, 0) is 48.9 Å². The molecule has 136 valence electrons. The number of aromatic nitrogens is 1. The summed E-state index contributed by atoms with van der Waals surface area (Å²) < 4.78 is 0. The van der Waals surface area contributed by atoms with E-state index in [1.165, 1.54) is 12.8 Å². The number of carbonyl (C=O) groups excluding carboxylic acids is 1. The lowest BCUT2D eigenvalue weighted by Crippen LogP contribution is -2.53. The second-order valence-corrected chi connectivity index (χ2v) is 7.35. The highest BCUT2D eigenvalue weighted by Gasteiger charge is 2.35. The molecule has 1 N–H and O–H groups in total. The van der Waals surface area contributed by atoms with Crippen molar-refractivity contribution in [1.29, 1.82) is 0 Å². The minimum Gasteiger partial charge on any atom is -0.365 e. The summed E-state index contributed by atoms with van der Waals surface area (Å²) in [5.41, 5.74) is 2.61. The van der Waals surface area contributed by atoms with Crippen molar-refractivity contribution in [2.45, 2.75) is 25.3 Å². The van der Waals surface area contributed by atoms with Gasteiger partial charge in [-0.3, -0.25) is 9.59 Å². The van der Waals surface area contributed by atoms with Gasteiger partial charge in [-0.15, -0.1) is 0 Å². The third kappa shape index (κ3) is 2.62. The molecular formula is C22H21N3O2. The molecule has 1 atom stereocenters. The number of piperidine rings is 1. The van der Waals surface area contributed by atoms with E-state index in [-0.39, 0.29) is 17.0 Å². The average Bonchev–Trinajstić information content (AvgIpc) is 2.72. The highest BCUT2D eigenvalue weighted by molar-refractivity contribution is 6.09. The van der Waals surface area contributed by atoms with Crippen molar-refractivity contribution in [3.8, 4) is 0 Å². The first-order valence-electron chi connectivity index (χ1n) is 9.52. The van der Waals surface area contributed by atoms with Crippen LogP contribution in [0.15, 0.2) is 59.4 Å². The summed E-state index contributed by atoms with van der Waals surface area (Å²) in [5, 5.41) is 0.866. The van der Waals surface area contributed by atoms with Crippen molar-refractivity contribution in [2.75, 3.05) is 22.9 Å². The second-order valence-electron chi connectivity index (χ2n) is 7.35. The normalized spacial score (nSPS) is 18.9. The molecule has 2 aliphatic rings. The Morgan fingerprint density at radius 2 is 1.78 bits per heavy atom. The lowest BCUT2D eigenvalue weighted by Gasteiger charge is -2.46. The summed E-state index contributed by atoms with van der Waals surface area (Å²) in [7, 11) is 0. The minimum atomic E-state index is -0.331. The number of H-pyrrole nitrogens is 1. The van der Waals surface area contributed by atoms with Crippen molar-refractivity contribution in [2.24, 2.45) is 0 Å². The number of pyridine rings is 1. The summed E-state index contributed by atoms with van der Waals surface area (Å²) in [4.78, 5) is 33.0. The van der Waals surface area contributed by atoms with Gasteiger partial charge in [0.1, 0.15) is 5.56 Å². The molecule has 5 rings (SSSR count). The van der Waals surface area contributed by atoms with Gasteiger partial charge in [0.25, 0.3) is 11.5 Å². The Bertz CT molecular complexity index is 1090. The van der Waals surface area contributed by atoms with Crippen LogP contribution in [0.25, 0.3) is 10.9 Å². The van der Waals surface area contributed by atoms with Crippen LogP contribution < -0.4 is 15.4 Å². The first kappa shape index (κ1) is 16.1. The molecule has 1 unspecified atom stereocenters. The van der Waals surface area contributed by atoms with Gasteiger partial charge in [-0.1, -0.05) is 30.3 Å². The van der Waals surface area contributed by atoms with Crippen LogP contribution >= 0.6 is 0 Å². The number of para-hydroxylation sites is 3. The quantitative estimate of drug-likeness (QED) is 0.723. The molecule has 3 aromatic rings. The van der Waals surface area contributed by atoms with E-state index in [9.17, 15) is 9.59 Å². The summed E-state index contributed by atoms with van der Waals surface area (Å²) in [6.07, 6.45) is 3.44. The van der Waals surface area contributed by atoms with E-state index in [1.807, 2.05) is 42.5 Å². The molecule has 0 saturated carbocycles. The molecule has 0 bridgehead atoms. The number of amides is 1. The van der Waals surface area contributed by atoms with E-state index in [2.05, 4.69) is 16.0 Å². The lowest BCUT2D eigenvalue weighted by atomic mass is 9.96. The summed E-state index contributed by atoms with van der Waals surface area (Å²) in [6, 6.07) is 17.6. The van der Waals surface area contributed by atoms with Crippen molar-refractivity contribution < 1.29 is 4.79 Å². The van der Waals surface area contributed by atoms with E-state index in [1.54, 1.807) is 11.0 Å². The molecule has 3 heterocycles. The molecule has 5 nitrogen and oxygen atoms in total. The first-order chi connectivity index (χ1) is 13.2. The summed E-state index contributed by atoms with van der Waals surface area (Å²) in [5.74, 6) is -0.223. The zero-order valence-electron chi connectivity index (χ0n) is 15.0. The number of aromatic amines is 1. The maximum atomic E-state index is 13.4. The monoisotopic (exact) mass is 359 g/mol. The van der Waals surface area contributed by atoms with Gasteiger partial charge in [0.05, 0.1) is 11.4 Å². The molecule has 0 aliphatic carbocycles. The summed E-state index contributed by atoms with van der Waals surface area (Å²) >= 11 is 0. The number of benzene rings is 2.